The fraction of sp³-hybridized carbons (Fsp3) is 0.294. The minimum atomic E-state index is 0.572. The number of rotatable bonds is 4. The number of nitrogens with zero attached hydrogens (tertiary/aromatic N) is 1. The Morgan fingerprint density at radius 2 is 1.58 bits per heavy atom. The van der Waals surface area contributed by atoms with Crippen molar-refractivity contribution in [2.45, 2.75) is 26.7 Å². The Kier molecular flexibility index (Phi) is 4.49. The fourth-order valence-electron chi connectivity index (χ4n) is 2.24. The van der Waals surface area contributed by atoms with Crippen molar-refractivity contribution in [3.8, 4) is 0 Å². The number of hydrogen-bond donors (Lipinski definition) is 0. The van der Waals surface area contributed by atoms with Crippen molar-refractivity contribution >= 4 is 23.0 Å². The molecule has 0 atom stereocenters. The predicted molar refractivity (Wildman–Crippen MR) is 84.6 cm³/mol. The quantitative estimate of drug-likeness (QED) is 0.692. The van der Waals surface area contributed by atoms with E-state index in [4.69, 9.17) is 11.6 Å². The number of hydrogen-bond acceptors (Lipinski definition) is 1. The van der Waals surface area contributed by atoms with E-state index in [1.165, 1.54) is 28.1 Å². The third kappa shape index (κ3) is 3.10. The third-order valence-corrected chi connectivity index (χ3v) is 3.73. The zero-order valence-corrected chi connectivity index (χ0v) is 12.5. The summed E-state index contributed by atoms with van der Waals surface area (Å²) in [4.78, 5) is 2.31. The molecule has 0 radical (unpaired) electrons. The summed E-state index contributed by atoms with van der Waals surface area (Å²) in [6, 6.07) is 15.1. The highest BCUT2D eigenvalue weighted by Crippen LogP contribution is 2.27. The summed E-state index contributed by atoms with van der Waals surface area (Å²) >= 11 is 5.92. The van der Waals surface area contributed by atoms with Gasteiger partial charge in [-0.15, -0.1) is 11.6 Å². The van der Waals surface area contributed by atoms with Crippen LogP contribution in [-0.2, 0) is 5.88 Å². The average molecular weight is 274 g/mol. The van der Waals surface area contributed by atoms with Gasteiger partial charge in [-0.3, -0.25) is 0 Å². The molecule has 19 heavy (non-hydrogen) atoms. The van der Waals surface area contributed by atoms with Crippen LogP contribution in [0.1, 0.15) is 23.6 Å². The van der Waals surface area contributed by atoms with Crippen molar-refractivity contribution in [1.29, 1.82) is 0 Å². The Bertz CT molecular complexity index is 546. The summed E-state index contributed by atoms with van der Waals surface area (Å²) < 4.78 is 0. The first-order chi connectivity index (χ1) is 9.15. The van der Waals surface area contributed by atoms with Gasteiger partial charge in [-0.05, 0) is 56.2 Å². The lowest BCUT2D eigenvalue weighted by Gasteiger charge is -2.24. The maximum absolute atomic E-state index is 5.92. The number of anilines is 2. The van der Waals surface area contributed by atoms with Gasteiger partial charge < -0.3 is 4.90 Å². The zero-order valence-electron chi connectivity index (χ0n) is 11.8. The van der Waals surface area contributed by atoms with Crippen molar-refractivity contribution in [2.75, 3.05) is 11.4 Å². The summed E-state index contributed by atoms with van der Waals surface area (Å²) in [5.41, 5.74) is 6.18. The average Bonchev–Trinajstić information content (AvgIpc) is 2.42. The van der Waals surface area contributed by atoms with Crippen LogP contribution in [0, 0.1) is 13.8 Å². The molecule has 0 amide bonds. The summed E-state index contributed by atoms with van der Waals surface area (Å²) in [6.45, 7) is 7.34. The number of aryl methyl sites for hydroxylation is 2. The lowest BCUT2D eigenvalue weighted by atomic mass is 10.1. The Labute approximate surface area is 120 Å². The Morgan fingerprint density at radius 1 is 0.947 bits per heavy atom. The molecule has 0 bridgehead atoms. The molecule has 0 fully saturated rings. The molecule has 2 rings (SSSR count). The summed E-state index contributed by atoms with van der Waals surface area (Å²) in [7, 11) is 0. The summed E-state index contributed by atoms with van der Waals surface area (Å²) in [5, 5.41) is 0. The van der Waals surface area contributed by atoms with Crippen LogP contribution in [-0.4, -0.2) is 6.54 Å². The fourth-order valence-corrected chi connectivity index (χ4v) is 2.54. The van der Waals surface area contributed by atoms with Gasteiger partial charge in [0.2, 0.25) is 0 Å². The molecule has 2 heteroatoms. The molecule has 0 heterocycles. The van der Waals surface area contributed by atoms with Gasteiger partial charge in [0.05, 0.1) is 0 Å². The molecule has 0 N–H and O–H groups in total. The van der Waals surface area contributed by atoms with Gasteiger partial charge in [-0.25, -0.2) is 0 Å². The molecule has 0 saturated heterocycles. The molecular formula is C17H20ClN. The van der Waals surface area contributed by atoms with Gasteiger partial charge in [0.25, 0.3) is 0 Å². The Hall–Kier alpha value is -1.47. The highest BCUT2D eigenvalue weighted by Gasteiger charge is 2.08. The van der Waals surface area contributed by atoms with E-state index in [0.29, 0.717) is 5.88 Å². The molecule has 2 aromatic carbocycles. The van der Waals surface area contributed by atoms with Crippen LogP contribution in [0.4, 0.5) is 11.4 Å². The van der Waals surface area contributed by atoms with E-state index >= 15 is 0 Å². The molecule has 0 spiro atoms. The number of alkyl halides is 1. The van der Waals surface area contributed by atoms with Crippen molar-refractivity contribution in [2.24, 2.45) is 0 Å². The van der Waals surface area contributed by atoms with E-state index in [9.17, 15) is 0 Å². The minimum Gasteiger partial charge on any atom is -0.342 e. The van der Waals surface area contributed by atoms with Crippen LogP contribution in [0.2, 0.25) is 0 Å². The zero-order chi connectivity index (χ0) is 13.8. The monoisotopic (exact) mass is 273 g/mol. The maximum Gasteiger partial charge on any atom is 0.0476 e. The molecule has 0 aliphatic carbocycles. The first-order valence-electron chi connectivity index (χ1n) is 6.65. The van der Waals surface area contributed by atoms with Crippen LogP contribution in [0.5, 0.6) is 0 Å². The van der Waals surface area contributed by atoms with Crippen LogP contribution in [0.15, 0.2) is 42.5 Å². The second-order valence-electron chi connectivity index (χ2n) is 4.82. The molecular weight excluding hydrogens is 254 g/mol. The van der Waals surface area contributed by atoms with Gasteiger partial charge in [0.15, 0.2) is 0 Å². The smallest absolute Gasteiger partial charge is 0.0476 e. The van der Waals surface area contributed by atoms with E-state index < -0.39 is 0 Å². The van der Waals surface area contributed by atoms with E-state index in [0.717, 1.165) is 6.54 Å². The van der Waals surface area contributed by atoms with E-state index in [1.54, 1.807) is 0 Å². The van der Waals surface area contributed by atoms with Crippen LogP contribution >= 0.6 is 11.6 Å². The lowest BCUT2D eigenvalue weighted by molar-refractivity contribution is 1.02. The van der Waals surface area contributed by atoms with E-state index in [-0.39, 0.29) is 0 Å². The molecule has 100 valence electrons. The SMILES string of the molecule is CCN(c1ccc(C)cc1)c1ccc(CCl)c(C)c1. The second kappa shape index (κ2) is 6.12. The van der Waals surface area contributed by atoms with Crippen molar-refractivity contribution < 1.29 is 0 Å². The third-order valence-electron chi connectivity index (χ3n) is 3.44. The van der Waals surface area contributed by atoms with E-state index in [2.05, 4.69) is 68.1 Å². The van der Waals surface area contributed by atoms with Gasteiger partial charge in [0.1, 0.15) is 0 Å². The minimum absolute atomic E-state index is 0.572. The molecule has 0 aliphatic rings. The van der Waals surface area contributed by atoms with Gasteiger partial charge >= 0.3 is 0 Å². The normalized spacial score (nSPS) is 10.5. The van der Waals surface area contributed by atoms with Gasteiger partial charge in [-0.2, -0.15) is 0 Å². The second-order valence-corrected chi connectivity index (χ2v) is 5.09. The topological polar surface area (TPSA) is 3.24 Å². The maximum atomic E-state index is 5.92. The molecule has 0 aliphatic heterocycles. The van der Waals surface area contributed by atoms with Crippen molar-refractivity contribution in [3.05, 3.63) is 59.2 Å². The standard InChI is InChI=1S/C17H20ClN/c1-4-19(16-8-5-13(2)6-9-16)17-10-7-15(12-18)14(3)11-17/h5-11H,4,12H2,1-3H3. The highest BCUT2D eigenvalue weighted by molar-refractivity contribution is 6.17. The molecule has 0 unspecified atom stereocenters. The predicted octanol–water partition coefficient (Wildman–Crippen LogP) is 5.20. The highest BCUT2D eigenvalue weighted by atomic mass is 35.5. The Morgan fingerprint density at radius 3 is 2.11 bits per heavy atom. The summed E-state index contributed by atoms with van der Waals surface area (Å²) in [5.74, 6) is 0.572. The van der Waals surface area contributed by atoms with Gasteiger partial charge in [0, 0.05) is 23.8 Å². The number of benzene rings is 2. The molecule has 0 saturated carbocycles. The lowest BCUT2D eigenvalue weighted by Crippen LogP contribution is -2.16. The molecule has 2 aromatic rings. The van der Waals surface area contributed by atoms with Crippen molar-refractivity contribution in [3.63, 3.8) is 0 Å². The number of halogens is 1. The first kappa shape index (κ1) is 14.0. The van der Waals surface area contributed by atoms with Crippen LogP contribution < -0.4 is 4.90 Å². The van der Waals surface area contributed by atoms with Crippen molar-refractivity contribution in [1.82, 2.24) is 0 Å². The van der Waals surface area contributed by atoms with Gasteiger partial charge in [-0.1, -0.05) is 23.8 Å². The van der Waals surface area contributed by atoms with Crippen LogP contribution in [0.3, 0.4) is 0 Å². The van der Waals surface area contributed by atoms with E-state index in [1.807, 2.05) is 0 Å². The first-order valence-corrected chi connectivity index (χ1v) is 7.19. The Balaban J connectivity index is 2.36. The molecule has 0 aromatic heterocycles. The largest absolute Gasteiger partial charge is 0.342 e. The van der Waals surface area contributed by atoms with Crippen LogP contribution in [0.25, 0.3) is 0 Å². The summed E-state index contributed by atoms with van der Waals surface area (Å²) in [6.07, 6.45) is 0. The molecule has 1 nitrogen and oxygen atoms in total.